The van der Waals surface area contributed by atoms with Crippen LogP contribution in [-0.2, 0) is 4.57 Å². The molecule has 0 rings (SSSR count). The molecular weight excluding hydrogens is 192 g/mol. The maximum absolute atomic E-state index is 9.51. The van der Waals surface area contributed by atoms with Crippen molar-refractivity contribution in [1.29, 1.82) is 0 Å². The molecule has 0 aliphatic carbocycles. The van der Waals surface area contributed by atoms with Crippen LogP contribution in [0.5, 0.6) is 0 Å². The van der Waals surface area contributed by atoms with E-state index in [4.69, 9.17) is 0 Å². The number of rotatable bonds is 0. The largest absolute Gasteiger partial charge is 0.339 e. The van der Waals surface area contributed by atoms with Gasteiger partial charge in [0.15, 0.2) is 0 Å². The summed E-state index contributed by atoms with van der Waals surface area (Å²) in [6, 6.07) is 0. The van der Waals surface area contributed by atoms with Gasteiger partial charge in [-0.2, -0.15) is 0 Å². The van der Waals surface area contributed by atoms with Crippen molar-refractivity contribution in [2.45, 2.75) is 0 Å². The summed E-state index contributed by atoms with van der Waals surface area (Å²) in [6.45, 7) is 0. The second-order valence-corrected chi connectivity index (χ2v) is 7.04. The topological polar surface area (TPSA) is 17.1 Å². The molecule has 0 atom stereocenters. The van der Waals surface area contributed by atoms with Crippen LogP contribution in [0.1, 0.15) is 0 Å². The molecule has 0 aromatic carbocycles. The molecule has 0 amide bonds. The van der Waals surface area contributed by atoms with Crippen LogP contribution in [0, 0.1) is 0 Å². The quantitative estimate of drug-likeness (QED) is 0.425. The molecule has 0 N–H and O–H groups in total. The van der Waals surface area contributed by atoms with Crippen molar-refractivity contribution in [3.8, 4) is 0 Å². The molecule has 6 heteroatoms. The van der Waals surface area contributed by atoms with Crippen molar-refractivity contribution in [2.24, 2.45) is 0 Å². The van der Waals surface area contributed by atoms with E-state index in [1.807, 2.05) is 0 Å². The zero-order valence-electron chi connectivity index (χ0n) is 2.99. The normalized spacial score (nSPS) is 9.83. The Morgan fingerprint density at radius 3 is 1.17 bits per heavy atom. The van der Waals surface area contributed by atoms with E-state index >= 15 is 0 Å². The van der Waals surface area contributed by atoms with Crippen molar-refractivity contribution < 1.29 is 4.57 Å². The van der Waals surface area contributed by atoms with E-state index < -0.39 is 5.20 Å². The van der Waals surface area contributed by atoms with Crippen molar-refractivity contribution in [1.82, 2.24) is 0 Å². The van der Waals surface area contributed by atoms with Gasteiger partial charge in [0.05, 0.1) is 0 Å². The van der Waals surface area contributed by atoms with Crippen LogP contribution >= 0.6 is 38.9 Å². The van der Waals surface area contributed by atoms with Gasteiger partial charge < -0.3 is 0 Å². The van der Waals surface area contributed by atoms with Gasteiger partial charge in [-0.25, -0.2) is 0 Å². The monoisotopic (exact) mass is 191 g/mol. The molecule has 0 aromatic heterocycles. The Balaban J connectivity index is 0. The first-order valence-corrected chi connectivity index (χ1v) is 5.11. The summed E-state index contributed by atoms with van der Waals surface area (Å²) >= 11 is 13.8. The van der Waals surface area contributed by atoms with E-state index in [0.717, 1.165) is 0 Å². The molecule has 0 unspecified atom stereocenters. The van der Waals surface area contributed by atoms with Crippen molar-refractivity contribution in [2.75, 3.05) is 0 Å². The molecule has 0 bridgehead atoms. The SMILES string of the molecule is O=P(Cl)(Cl)Cl.[K]. The van der Waals surface area contributed by atoms with Gasteiger partial charge in [0, 0.05) is 51.4 Å². The average Bonchev–Trinajstić information content (AvgIpc) is 0.722. The predicted molar refractivity (Wildman–Crippen MR) is 30.9 cm³/mol. The minimum Gasteiger partial charge on any atom is -0.271 e. The summed E-state index contributed by atoms with van der Waals surface area (Å²) in [6.07, 6.45) is 0. The van der Waals surface area contributed by atoms with Gasteiger partial charge in [-0.15, -0.1) is 0 Å². The van der Waals surface area contributed by atoms with Crippen LogP contribution in [0.3, 0.4) is 0 Å². The van der Waals surface area contributed by atoms with Crippen LogP contribution in [0.4, 0.5) is 0 Å². The Morgan fingerprint density at radius 2 is 1.17 bits per heavy atom. The summed E-state index contributed by atoms with van der Waals surface area (Å²) in [5.41, 5.74) is 0. The molecule has 0 fully saturated rings. The number of hydrogen-bond acceptors (Lipinski definition) is 1. The maximum atomic E-state index is 9.51. The molecule has 1 radical (unpaired) electrons. The van der Waals surface area contributed by atoms with Crippen LogP contribution in [0.25, 0.3) is 0 Å². The van der Waals surface area contributed by atoms with E-state index in [9.17, 15) is 4.57 Å². The minimum absolute atomic E-state index is 0. The molecule has 33 valence electrons. The number of halogens is 3. The Labute approximate surface area is 92.9 Å². The third kappa shape index (κ3) is 29.6. The summed E-state index contributed by atoms with van der Waals surface area (Å²) in [5.74, 6) is 0. The van der Waals surface area contributed by atoms with Crippen LogP contribution < -0.4 is 0 Å². The molecule has 0 heterocycles. The zero-order chi connectivity index (χ0) is 4.50. The third-order valence-electron chi connectivity index (χ3n) is 0. The molecule has 0 saturated heterocycles. The standard InChI is InChI=1S/Cl3OP.K/c1-5(2,3)4;. The van der Waals surface area contributed by atoms with Crippen LogP contribution in [0.15, 0.2) is 0 Å². The van der Waals surface area contributed by atoms with E-state index in [1.54, 1.807) is 0 Å². The van der Waals surface area contributed by atoms with Gasteiger partial charge in [0.2, 0.25) is 0 Å². The molecule has 0 aliphatic rings. The maximum Gasteiger partial charge on any atom is 0.339 e. The van der Waals surface area contributed by atoms with E-state index in [-0.39, 0.29) is 51.4 Å². The minimum atomic E-state index is -3.22. The molecule has 0 aliphatic heterocycles. The fourth-order valence-electron chi connectivity index (χ4n) is 0. The first-order valence-electron chi connectivity index (χ1n) is 0.690. The summed E-state index contributed by atoms with van der Waals surface area (Å²) in [5, 5.41) is -3.22. The van der Waals surface area contributed by atoms with Gasteiger partial charge >= 0.3 is 5.20 Å². The molecular formula is Cl3KOP. The summed E-state index contributed by atoms with van der Waals surface area (Å²) in [7, 11) is 0. The van der Waals surface area contributed by atoms with E-state index in [2.05, 4.69) is 33.7 Å². The Kier molecular flexibility index (Phi) is 8.83. The van der Waals surface area contributed by atoms with Gasteiger partial charge in [0.25, 0.3) is 0 Å². The zero-order valence-corrected chi connectivity index (χ0v) is 9.27. The average molecular weight is 192 g/mol. The van der Waals surface area contributed by atoms with Gasteiger partial charge in [0.1, 0.15) is 0 Å². The van der Waals surface area contributed by atoms with Gasteiger partial charge in [-0.1, -0.05) is 0 Å². The van der Waals surface area contributed by atoms with Crippen molar-refractivity contribution in [3.63, 3.8) is 0 Å². The molecule has 1 nitrogen and oxygen atoms in total. The van der Waals surface area contributed by atoms with E-state index in [0.29, 0.717) is 0 Å². The third-order valence-corrected chi connectivity index (χ3v) is 0. The smallest absolute Gasteiger partial charge is 0.271 e. The van der Waals surface area contributed by atoms with Gasteiger partial charge in [-0.3, -0.25) is 4.57 Å². The Hall–Kier alpha value is 2.74. The van der Waals surface area contributed by atoms with Crippen molar-refractivity contribution >= 4 is 90.3 Å². The van der Waals surface area contributed by atoms with Crippen LogP contribution in [0.2, 0.25) is 0 Å². The summed E-state index contributed by atoms with van der Waals surface area (Å²) in [4.78, 5) is 0. The predicted octanol–water partition coefficient (Wildman–Crippen LogP) is 2.43. The molecule has 6 heavy (non-hydrogen) atoms. The Morgan fingerprint density at radius 1 is 1.17 bits per heavy atom. The summed E-state index contributed by atoms with van der Waals surface area (Å²) < 4.78 is 9.51. The fraction of sp³-hybridized carbons (Fsp3) is 0. The molecule has 0 aromatic rings. The van der Waals surface area contributed by atoms with Gasteiger partial charge in [-0.05, 0) is 33.7 Å². The van der Waals surface area contributed by atoms with E-state index in [1.165, 1.54) is 0 Å². The first kappa shape index (κ1) is 11.5. The second-order valence-electron chi connectivity index (χ2n) is 0.399. The van der Waals surface area contributed by atoms with Crippen LogP contribution in [-0.4, -0.2) is 51.4 Å². The molecule has 0 spiro atoms. The first-order chi connectivity index (χ1) is 2.00. The number of hydrogen-bond donors (Lipinski definition) is 0. The Bertz CT molecular complexity index is 56.9. The van der Waals surface area contributed by atoms with Crippen molar-refractivity contribution in [3.05, 3.63) is 0 Å². The fourth-order valence-corrected chi connectivity index (χ4v) is 0. The molecule has 0 saturated carbocycles. The second kappa shape index (κ2) is 4.60.